The van der Waals surface area contributed by atoms with Crippen molar-refractivity contribution in [2.24, 2.45) is 5.10 Å². The summed E-state index contributed by atoms with van der Waals surface area (Å²) < 4.78 is 0.965. The van der Waals surface area contributed by atoms with E-state index in [0.717, 1.165) is 23.1 Å². The molecule has 5 heteroatoms. The standard InChI is InChI=1S/C16H22BrN3O/c17-15-9-5-4-8-14(15)12-18-19-16(21)13-20-10-6-2-1-3-7-11-20/h4-5,8-9,12H,1-3,6-7,10-11,13H2,(H,19,21)/b18-12-. The van der Waals surface area contributed by atoms with Gasteiger partial charge < -0.3 is 0 Å². The van der Waals surface area contributed by atoms with Gasteiger partial charge in [-0.25, -0.2) is 5.43 Å². The van der Waals surface area contributed by atoms with Crippen LogP contribution >= 0.6 is 15.9 Å². The molecule has 0 unspecified atom stereocenters. The van der Waals surface area contributed by atoms with Gasteiger partial charge in [-0.1, -0.05) is 53.4 Å². The summed E-state index contributed by atoms with van der Waals surface area (Å²) in [6.45, 7) is 2.47. The molecule has 0 atom stereocenters. The predicted octanol–water partition coefficient (Wildman–Crippen LogP) is 3.17. The monoisotopic (exact) mass is 351 g/mol. The summed E-state index contributed by atoms with van der Waals surface area (Å²) in [6.07, 6.45) is 7.92. The van der Waals surface area contributed by atoms with Crippen LogP contribution in [0.15, 0.2) is 33.8 Å². The zero-order chi connectivity index (χ0) is 14.9. The number of hydrazone groups is 1. The van der Waals surface area contributed by atoms with Crippen LogP contribution in [-0.2, 0) is 4.79 Å². The van der Waals surface area contributed by atoms with Crippen molar-refractivity contribution in [1.82, 2.24) is 10.3 Å². The Morgan fingerprint density at radius 3 is 2.57 bits per heavy atom. The second-order valence-corrected chi connectivity index (χ2v) is 6.21. The van der Waals surface area contributed by atoms with Crippen molar-refractivity contribution in [2.45, 2.75) is 32.1 Å². The van der Waals surface area contributed by atoms with Crippen LogP contribution < -0.4 is 5.43 Å². The van der Waals surface area contributed by atoms with E-state index in [9.17, 15) is 4.79 Å². The molecule has 1 aliphatic rings. The smallest absolute Gasteiger partial charge is 0.254 e. The number of carbonyl (C=O) groups is 1. The first kappa shape index (κ1) is 16.2. The lowest BCUT2D eigenvalue weighted by molar-refractivity contribution is -0.122. The molecule has 114 valence electrons. The Kier molecular flexibility index (Phi) is 6.89. The molecule has 1 fully saturated rings. The van der Waals surface area contributed by atoms with E-state index in [-0.39, 0.29) is 5.91 Å². The van der Waals surface area contributed by atoms with E-state index in [2.05, 4.69) is 31.4 Å². The third-order valence-electron chi connectivity index (χ3n) is 3.61. The van der Waals surface area contributed by atoms with Gasteiger partial charge in [-0.05, 0) is 32.0 Å². The van der Waals surface area contributed by atoms with Crippen molar-refractivity contribution in [1.29, 1.82) is 0 Å². The Hall–Kier alpha value is -1.20. The van der Waals surface area contributed by atoms with Crippen LogP contribution in [0.2, 0.25) is 0 Å². The minimum Gasteiger partial charge on any atom is -0.294 e. The molecule has 1 aromatic carbocycles. The first-order chi connectivity index (χ1) is 10.3. The zero-order valence-electron chi connectivity index (χ0n) is 12.2. The largest absolute Gasteiger partial charge is 0.294 e. The molecule has 0 aromatic heterocycles. The molecular formula is C16H22BrN3O. The average Bonchev–Trinajstić information content (AvgIpc) is 2.44. The van der Waals surface area contributed by atoms with Crippen molar-refractivity contribution in [3.63, 3.8) is 0 Å². The van der Waals surface area contributed by atoms with E-state index in [1.165, 1.54) is 32.1 Å². The molecule has 1 saturated heterocycles. The van der Waals surface area contributed by atoms with Gasteiger partial charge in [-0.15, -0.1) is 0 Å². The zero-order valence-corrected chi connectivity index (χ0v) is 13.8. The van der Waals surface area contributed by atoms with Gasteiger partial charge >= 0.3 is 0 Å². The summed E-state index contributed by atoms with van der Waals surface area (Å²) in [5.41, 5.74) is 3.56. The van der Waals surface area contributed by atoms with Gasteiger partial charge in [0.25, 0.3) is 5.91 Å². The fourth-order valence-electron chi connectivity index (χ4n) is 2.46. The van der Waals surface area contributed by atoms with Crippen molar-refractivity contribution in [2.75, 3.05) is 19.6 Å². The fraction of sp³-hybridized carbons (Fsp3) is 0.500. The lowest BCUT2D eigenvalue weighted by Gasteiger charge is -2.23. The molecule has 4 nitrogen and oxygen atoms in total. The molecule has 1 N–H and O–H groups in total. The number of likely N-dealkylation sites (tertiary alicyclic amines) is 1. The molecule has 21 heavy (non-hydrogen) atoms. The van der Waals surface area contributed by atoms with Gasteiger partial charge in [0.2, 0.25) is 0 Å². The van der Waals surface area contributed by atoms with Crippen molar-refractivity contribution in [3.8, 4) is 0 Å². The first-order valence-corrected chi connectivity index (χ1v) is 8.34. The SMILES string of the molecule is O=C(CN1CCCCCCC1)N/N=C\c1ccccc1Br. The first-order valence-electron chi connectivity index (χ1n) is 7.54. The Balaban J connectivity index is 1.77. The van der Waals surface area contributed by atoms with E-state index in [4.69, 9.17) is 0 Å². The highest BCUT2D eigenvalue weighted by molar-refractivity contribution is 9.10. The van der Waals surface area contributed by atoms with Crippen molar-refractivity contribution < 1.29 is 4.79 Å². The summed E-state index contributed by atoms with van der Waals surface area (Å²) in [6, 6.07) is 7.78. The van der Waals surface area contributed by atoms with Crippen molar-refractivity contribution in [3.05, 3.63) is 34.3 Å². The van der Waals surface area contributed by atoms with Gasteiger partial charge in [0.15, 0.2) is 0 Å². The second kappa shape index (κ2) is 8.95. The summed E-state index contributed by atoms with van der Waals surface area (Å²) >= 11 is 3.45. The number of halogens is 1. The molecule has 0 spiro atoms. The summed E-state index contributed by atoms with van der Waals surface area (Å²) in [5.74, 6) is -0.0427. The van der Waals surface area contributed by atoms with Crippen molar-refractivity contribution >= 4 is 28.1 Å². The fourth-order valence-corrected chi connectivity index (χ4v) is 2.85. The van der Waals surface area contributed by atoms with Gasteiger partial charge in [0.1, 0.15) is 0 Å². The maximum absolute atomic E-state index is 11.9. The number of benzene rings is 1. The lowest BCUT2D eigenvalue weighted by Crippen LogP contribution is -2.37. The highest BCUT2D eigenvalue weighted by Crippen LogP contribution is 2.13. The topological polar surface area (TPSA) is 44.7 Å². The Bertz CT molecular complexity index is 482. The molecule has 1 aliphatic heterocycles. The highest BCUT2D eigenvalue weighted by Gasteiger charge is 2.11. The molecule has 1 amide bonds. The Morgan fingerprint density at radius 1 is 1.19 bits per heavy atom. The van der Waals surface area contributed by atoms with Crippen LogP contribution in [0.4, 0.5) is 0 Å². The molecule has 0 bridgehead atoms. The summed E-state index contributed by atoms with van der Waals surface area (Å²) in [7, 11) is 0. The van der Waals surface area contributed by atoms with Gasteiger partial charge in [0, 0.05) is 10.0 Å². The highest BCUT2D eigenvalue weighted by atomic mass is 79.9. The van der Waals surface area contributed by atoms with E-state index in [1.54, 1.807) is 6.21 Å². The Morgan fingerprint density at radius 2 is 1.86 bits per heavy atom. The molecule has 0 radical (unpaired) electrons. The predicted molar refractivity (Wildman–Crippen MR) is 89.4 cm³/mol. The summed E-state index contributed by atoms with van der Waals surface area (Å²) in [5, 5.41) is 4.03. The van der Waals surface area contributed by atoms with E-state index in [0.29, 0.717) is 6.54 Å². The minimum absolute atomic E-state index is 0.0427. The average molecular weight is 352 g/mol. The number of nitrogens with zero attached hydrogens (tertiary/aromatic N) is 2. The quantitative estimate of drug-likeness (QED) is 0.668. The summed E-state index contributed by atoms with van der Waals surface area (Å²) in [4.78, 5) is 14.1. The number of carbonyl (C=O) groups excluding carboxylic acids is 1. The Labute approximate surface area is 134 Å². The van der Waals surface area contributed by atoms with Gasteiger partial charge in [-0.2, -0.15) is 5.10 Å². The minimum atomic E-state index is -0.0427. The maximum Gasteiger partial charge on any atom is 0.254 e. The van der Waals surface area contributed by atoms with E-state index < -0.39 is 0 Å². The van der Waals surface area contributed by atoms with Crippen LogP contribution in [0.5, 0.6) is 0 Å². The van der Waals surface area contributed by atoms with Crippen LogP contribution in [0, 0.1) is 0 Å². The van der Waals surface area contributed by atoms with E-state index in [1.807, 2.05) is 24.3 Å². The number of rotatable bonds is 4. The second-order valence-electron chi connectivity index (χ2n) is 5.36. The third-order valence-corrected chi connectivity index (χ3v) is 4.34. The van der Waals surface area contributed by atoms with E-state index >= 15 is 0 Å². The molecule has 1 aromatic rings. The van der Waals surface area contributed by atoms with Crippen LogP contribution in [0.1, 0.15) is 37.7 Å². The molecule has 2 rings (SSSR count). The molecule has 1 heterocycles. The lowest BCUT2D eigenvalue weighted by atomic mass is 10.1. The normalized spacial score (nSPS) is 17.4. The molecule has 0 saturated carbocycles. The van der Waals surface area contributed by atoms with Gasteiger partial charge in [0.05, 0.1) is 12.8 Å². The van der Waals surface area contributed by atoms with Crippen LogP contribution in [-0.4, -0.2) is 36.7 Å². The number of nitrogens with one attached hydrogen (secondary N) is 1. The van der Waals surface area contributed by atoms with Crippen LogP contribution in [0.3, 0.4) is 0 Å². The molecular weight excluding hydrogens is 330 g/mol. The third kappa shape index (κ3) is 5.98. The van der Waals surface area contributed by atoms with Gasteiger partial charge in [-0.3, -0.25) is 9.69 Å². The van der Waals surface area contributed by atoms with Crippen LogP contribution in [0.25, 0.3) is 0 Å². The maximum atomic E-state index is 11.9. The number of hydrogen-bond acceptors (Lipinski definition) is 3. The number of hydrogen-bond donors (Lipinski definition) is 1. The number of amides is 1. The molecule has 0 aliphatic carbocycles.